The van der Waals surface area contributed by atoms with E-state index in [1.165, 1.54) is 13.3 Å². The number of rotatable bonds is 9. The van der Waals surface area contributed by atoms with Crippen LogP contribution in [0.3, 0.4) is 0 Å². The maximum absolute atomic E-state index is 12.1. The molecule has 1 N–H and O–H groups in total. The highest BCUT2D eigenvalue weighted by Gasteiger charge is 2.17. The average molecular weight is 462 g/mol. The highest BCUT2D eigenvalue weighted by molar-refractivity contribution is 7.53. The SMILES string of the molecule is CP(=O)(O)OCc1ccccc1.CP(=O)(OCc1ccccc1)OCc1ccccc1. The molecule has 0 bridgehead atoms. The first-order valence-electron chi connectivity index (χ1n) is 9.67. The summed E-state index contributed by atoms with van der Waals surface area (Å²) in [4.78, 5) is 8.81. The van der Waals surface area contributed by atoms with Gasteiger partial charge in [0.15, 0.2) is 0 Å². The van der Waals surface area contributed by atoms with Crippen LogP contribution in [-0.4, -0.2) is 18.2 Å². The molecular weight excluding hydrogens is 434 g/mol. The molecule has 0 saturated carbocycles. The third-order valence-electron chi connectivity index (χ3n) is 3.93. The molecule has 3 aromatic carbocycles. The van der Waals surface area contributed by atoms with Gasteiger partial charge in [0.25, 0.3) is 0 Å². The predicted octanol–water partition coefficient (Wildman–Crippen LogP) is 6.26. The summed E-state index contributed by atoms with van der Waals surface area (Å²) >= 11 is 0. The zero-order valence-electron chi connectivity index (χ0n) is 17.7. The molecule has 0 fully saturated rings. The Morgan fingerprint density at radius 3 is 1.16 bits per heavy atom. The van der Waals surface area contributed by atoms with Gasteiger partial charge in [0.1, 0.15) is 0 Å². The van der Waals surface area contributed by atoms with E-state index in [1.807, 2.05) is 91.0 Å². The second-order valence-corrected chi connectivity index (χ2v) is 10.8. The molecule has 0 aromatic heterocycles. The van der Waals surface area contributed by atoms with Crippen molar-refractivity contribution in [3.63, 3.8) is 0 Å². The molecule has 166 valence electrons. The molecule has 1 atom stereocenters. The van der Waals surface area contributed by atoms with Gasteiger partial charge in [-0.2, -0.15) is 0 Å². The Morgan fingerprint density at radius 1 is 0.581 bits per heavy atom. The van der Waals surface area contributed by atoms with E-state index in [9.17, 15) is 9.13 Å². The van der Waals surface area contributed by atoms with Gasteiger partial charge in [-0.1, -0.05) is 91.0 Å². The smallest absolute Gasteiger partial charge is 0.324 e. The Bertz CT molecular complexity index is 927. The molecule has 3 aromatic rings. The molecule has 0 amide bonds. The molecule has 0 radical (unpaired) electrons. The van der Waals surface area contributed by atoms with Crippen molar-refractivity contribution in [1.82, 2.24) is 0 Å². The van der Waals surface area contributed by atoms with Gasteiger partial charge >= 0.3 is 15.2 Å². The Balaban J connectivity index is 0.000000245. The van der Waals surface area contributed by atoms with Crippen molar-refractivity contribution < 1.29 is 27.6 Å². The monoisotopic (exact) mass is 462 g/mol. The van der Waals surface area contributed by atoms with Crippen molar-refractivity contribution in [3.8, 4) is 0 Å². The van der Waals surface area contributed by atoms with Crippen LogP contribution in [0.5, 0.6) is 0 Å². The molecule has 0 spiro atoms. The minimum absolute atomic E-state index is 0.186. The summed E-state index contributed by atoms with van der Waals surface area (Å²) < 4.78 is 38.3. The standard InChI is InChI=1S/C15H17O3P.C8H11O3P/c1-19(16,17-12-14-8-4-2-5-9-14)18-13-15-10-6-3-7-11-15;1-12(9,10)11-7-8-5-3-2-4-6-8/h2-11H,12-13H2,1H3;2-6H,7H2,1H3,(H,9,10). The van der Waals surface area contributed by atoms with Crippen LogP contribution in [0, 0.1) is 0 Å². The van der Waals surface area contributed by atoms with Crippen LogP contribution < -0.4 is 0 Å². The van der Waals surface area contributed by atoms with Crippen molar-refractivity contribution in [1.29, 1.82) is 0 Å². The summed E-state index contributed by atoms with van der Waals surface area (Å²) in [5.74, 6) is 0. The molecule has 0 saturated heterocycles. The third kappa shape index (κ3) is 11.8. The number of hydrogen-bond donors (Lipinski definition) is 1. The molecule has 6 nitrogen and oxygen atoms in total. The van der Waals surface area contributed by atoms with Gasteiger partial charge in [0.2, 0.25) is 0 Å². The van der Waals surface area contributed by atoms with E-state index < -0.39 is 15.2 Å². The van der Waals surface area contributed by atoms with Gasteiger partial charge in [0, 0.05) is 13.3 Å². The normalized spacial score (nSPS) is 13.0. The highest BCUT2D eigenvalue weighted by atomic mass is 31.2. The maximum atomic E-state index is 12.1. The average Bonchev–Trinajstić information content (AvgIpc) is 2.77. The summed E-state index contributed by atoms with van der Waals surface area (Å²) in [5, 5.41) is 0. The van der Waals surface area contributed by atoms with Crippen molar-refractivity contribution >= 4 is 15.2 Å². The fourth-order valence-electron chi connectivity index (χ4n) is 2.34. The fourth-order valence-corrected chi connectivity index (χ4v) is 3.57. The van der Waals surface area contributed by atoms with Crippen LogP contribution in [0.2, 0.25) is 0 Å². The fraction of sp³-hybridized carbons (Fsp3) is 0.217. The molecule has 1 unspecified atom stereocenters. The first kappa shape index (κ1) is 25.2. The molecule has 0 aliphatic heterocycles. The molecule has 0 aliphatic carbocycles. The molecule has 3 rings (SSSR count). The Hall–Kier alpha value is -2.04. The first-order chi connectivity index (χ1) is 14.7. The van der Waals surface area contributed by atoms with Crippen molar-refractivity contribution in [2.24, 2.45) is 0 Å². The molecular formula is C23H28O6P2. The second-order valence-electron chi connectivity index (χ2n) is 6.85. The summed E-state index contributed by atoms with van der Waals surface area (Å²) in [7, 11) is -6.35. The van der Waals surface area contributed by atoms with Crippen molar-refractivity contribution in [2.45, 2.75) is 19.8 Å². The van der Waals surface area contributed by atoms with Crippen LogP contribution in [0.25, 0.3) is 0 Å². The lowest BCUT2D eigenvalue weighted by atomic mass is 10.2. The topological polar surface area (TPSA) is 82.1 Å². The highest BCUT2D eigenvalue weighted by Crippen LogP contribution is 2.45. The Kier molecular flexibility index (Phi) is 10.4. The summed E-state index contributed by atoms with van der Waals surface area (Å²) in [6, 6.07) is 28.5. The van der Waals surface area contributed by atoms with Crippen LogP contribution >= 0.6 is 15.2 Å². The van der Waals surface area contributed by atoms with Gasteiger partial charge in [-0.3, -0.25) is 9.13 Å². The minimum atomic E-state index is -3.33. The Labute approximate surface area is 183 Å². The van der Waals surface area contributed by atoms with E-state index in [1.54, 1.807) is 0 Å². The molecule has 8 heteroatoms. The lowest BCUT2D eigenvalue weighted by Crippen LogP contribution is -1.96. The number of benzene rings is 3. The van der Waals surface area contributed by atoms with Crippen LogP contribution in [0.15, 0.2) is 91.0 Å². The lowest BCUT2D eigenvalue weighted by molar-refractivity contribution is 0.196. The zero-order valence-corrected chi connectivity index (χ0v) is 19.5. The quantitative estimate of drug-likeness (QED) is 0.378. The van der Waals surface area contributed by atoms with E-state index in [0.717, 1.165) is 16.7 Å². The summed E-state index contributed by atoms with van der Waals surface area (Å²) in [5.41, 5.74) is 2.86. The van der Waals surface area contributed by atoms with Gasteiger partial charge in [-0.05, 0) is 16.7 Å². The van der Waals surface area contributed by atoms with Gasteiger partial charge in [0.05, 0.1) is 19.8 Å². The van der Waals surface area contributed by atoms with E-state index >= 15 is 0 Å². The Morgan fingerprint density at radius 2 is 0.871 bits per heavy atom. The number of hydrogen-bond acceptors (Lipinski definition) is 5. The molecule has 0 aliphatic rings. The third-order valence-corrected chi connectivity index (χ3v) is 5.74. The van der Waals surface area contributed by atoms with E-state index in [2.05, 4.69) is 0 Å². The minimum Gasteiger partial charge on any atom is -0.324 e. The van der Waals surface area contributed by atoms with Gasteiger partial charge < -0.3 is 18.5 Å². The summed E-state index contributed by atoms with van der Waals surface area (Å²) in [6.45, 7) is 3.45. The van der Waals surface area contributed by atoms with E-state index in [0.29, 0.717) is 13.2 Å². The van der Waals surface area contributed by atoms with Gasteiger partial charge in [-0.25, -0.2) is 0 Å². The zero-order chi connectivity index (χ0) is 22.6. The molecule has 31 heavy (non-hydrogen) atoms. The van der Waals surface area contributed by atoms with Crippen LogP contribution in [0.4, 0.5) is 0 Å². The molecule has 0 heterocycles. The maximum Gasteiger partial charge on any atom is 0.328 e. The van der Waals surface area contributed by atoms with Crippen molar-refractivity contribution in [3.05, 3.63) is 108 Å². The van der Waals surface area contributed by atoms with Crippen molar-refractivity contribution in [2.75, 3.05) is 13.3 Å². The van der Waals surface area contributed by atoms with E-state index in [-0.39, 0.29) is 6.61 Å². The first-order valence-corrected chi connectivity index (χ1v) is 13.7. The lowest BCUT2D eigenvalue weighted by Gasteiger charge is -2.14. The summed E-state index contributed by atoms with van der Waals surface area (Å²) in [6.07, 6.45) is 0. The van der Waals surface area contributed by atoms with Crippen LogP contribution in [0.1, 0.15) is 16.7 Å². The predicted molar refractivity (Wildman–Crippen MR) is 123 cm³/mol. The largest absolute Gasteiger partial charge is 0.328 e. The second kappa shape index (κ2) is 12.7. The van der Waals surface area contributed by atoms with Crippen LogP contribution in [-0.2, 0) is 42.5 Å². The van der Waals surface area contributed by atoms with E-state index in [4.69, 9.17) is 18.5 Å². The van der Waals surface area contributed by atoms with Gasteiger partial charge in [-0.15, -0.1) is 0 Å².